The average molecular weight is 575 g/mol. The third kappa shape index (κ3) is 6.84. The van der Waals surface area contributed by atoms with Crippen molar-refractivity contribution in [2.45, 2.75) is 13.0 Å². The molecule has 0 spiro atoms. The fourth-order valence-electron chi connectivity index (χ4n) is 4.85. The Morgan fingerprint density at radius 2 is 1.95 bits per heavy atom. The SMILES string of the molecule is CC(=O)NC[C@H]1CN(c2ccc(N3CCN(CCNc4ccnc5cc(Cl)ccc45)CC3)c(F)c2)C(=O)O1.S. The molecule has 0 unspecified atom stereocenters. The van der Waals surface area contributed by atoms with E-state index in [1.165, 1.54) is 17.9 Å². The number of fused-ring (bicyclic) bond motifs is 1. The highest BCUT2D eigenvalue weighted by Crippen LogP contribution is 2.29. The maximum absolute atomic E-state index is 15.1. The molecule has 3 aromatic rings. The van der Waals surface area contributed by atoms with Crippen molar-refractivity contribution >= 4 is 65.1 Å². The highest BCUT2D eigenvalue weighted by molar-refractivity contribution is 7.59. The van der Waals surface area contributed by atoms with Crippen molar-refractivity contribution in [1.29, 1.82) is 0 Å². The van der Waals surface area contributed by atoms with Crippen LogP contribution < -0.4 is 20.4 Å². The predicted octanol–water partition coefficient (Wildman–Crippen LogP) is 3.84. The molecule has 0 saturated carbocycles. The van der Waals surface area contributed by atoms with Crippen LogP contribution in [0.3, 0.4) is 0 Å². The number of hydrogen-bond acceptors (Lipinski definition) is 7. The molecule has 208 valence electrons. The third-order valence-corrected chi connectivity index (χ3v) is 7.09. The van der Waals surface area contributed by atoms with Gasteiger partial charge in [-0.05, 0) is 42.5 Å². The molecule has 2 aliphatic rings. The van der Waals surface area contributed by atoms with E-state index < -0.39 is 12.2 Å². The zero-order valence-electron chi connectivity index (χ0n) is 21.6. The fourth-order valence-corrected chi connectivity index (χ4v) is 5.02. The number of aromatic nitrogens is 1. The van der Waals surface area contributed by atoms with Crippen LogP contribution in [0.5, 0.6) is 0 Å². The molecule has 39 heavy (non-hydrogen) atoms. The molecule has 5 rings (SSSR count). The first-order valence-electron chi connectivity index (χ1n) is 12.6. The number of nitrogens with zero attached hydrogens (tertiary/aromatic N) is 4. The quantitative estimate of drug-likeness (QED) is 0.422. The van der Waals surface area contributed by atoms with E-state index in [1.807, 2.05) is 29.2 Å². The standard InChI is InChI=1S/C27H30ClFN6O3.H2S/c1-18(36)32-16-21-17-35(27(37)38-21)20-3-5-26(23(29)15-20)34-12-10-33(11-13-34)9-8-31-24-6-7-30-25-14-19(28)2-4-22(24)25;/h2-7,14-15,21H,8-13,16-17H2,1H3,(H,30,31)(H,32,36);1H2/t21-;/m0./s1. The number of benzene rings is 2. The molecule has 0 bridgehead atoms. The summed E-state index contributed by atoms with van der Waals surface area (Å²) in [5.41, 5.74) is 2.85. The Morgan fingerprint density at radius 3 is 2.69 bits per heavy atom. The van der Waals surface area contributed by atoms with Crippen LogP contribution in [0.2, 0.25) is 5.02 Å². The van der Waals surface area contributed by atoms with Crippen LogP contribution in [0.25, 0.3) is 10.9 Å². The monoisotopic (exact) mass is 574 g/mol. The van der Waals surface area contributed by atoms with Gasteiger partial charge in [0, 0.05) is 68.5 Å². The number of carbonyl (C=O) groups excluding carboxylic acids is 2. The van der Waals surface area contributed by atoms with Crippen LogP contribution in [-0.4, -0.2) is 80.3 Å². The molecule has 2 aliphatic heterocycles. The molecule has 2 N–H and O–H groups in total. The summed E-state index contributed by atoms with van der Waals surface area (Å²) in [5, 5.41) is 7.83. The number of hydrogen-bond donors (Lipinski definition) is 2. The van der Waals surface area contributed by atoms with Crippen molar-refractivity contribution in [2.24, 2.45) is 0 Å². The second kappa shape index (κ2) is 12.7. The number of halogens is 2. The Kier molecular flexibility index (Phi) is 9.36. The third-order valence-electron chi connectivity index (χ3n) is 6.86. The lowest BCUT2D eigenvalue weighted by atomic mass is 10.2. The van der Waals surface area contributed by atoms with Crippen LogP contribution in [0.15, 0.2) is 48.7 Å². The summed E-state index contributed by atoms with van der Waals surface area (Å²) in [5.74, 6) is -0.570. The summed E-state index contributed by atoms with van der Waals surface area (Å²) in [6.07, 6.45) is 0.766. The summed E-state index contributed by atoms with van der Waals surface area (Å²) in [4.78, 5) is 33.5. The number of amides is 2. The molecule has 12 heteroatoms. The van der Waals surface area contributed by atoms with Crippen molar-refractivity contribution in [3.8, 4) is 0 Å². The summed E-state index contributed by atoms with van der Waals surface area (Å²) in [6, 6.07) is 12.5. The van der Waals surface area contributed by atoms with Gasteiger partial charge < -0.3 is 20.3 Å². The van der Waals surface area contributed by atoms with Gasteiger partial charge in [0.05, 0.1) is 30.0 Å². The first kappa shape index (κ1) is 28.7. The lowest BCUT2D eigenvalue weighted by Gasteiger charge is -2.36. The molecule has 3 heterocycles. The molecular formula is C27H32ClFN6O3S. The Balaban J connectivity index is 0.00000353. The Morgan fingerprint density at radius 1 is 1.15 bits per heavy atom. The van der Waals surface area contributed by atoms with Gasteiger partial charge in [0.15, 0.2) is 0 Å². The number of piperazine rings is 1. The number of pyridine rings is 1. The van der Waals surface area contributed by atoms with Crippen molar-refractivity contribution in [3.05, 3.63) is 59.5 Å². The minimum absolute atomic E-state index is 0. The van der Waals surface area contributed by atoms with E-state index in [2.05, 4.69) is 20.5 Å². The summed E-state index contributed by atoms with van der Waals surface area (Å²) >= 11 is 6.08. The van der Waals surface area contributed by atoms with E-state index in [0.29, 0.717) is 29.5 Å². The first-order valence-corrected chi connectivity index (χ1v) is 13.0. The van der Waals surface area contributed by atoms with Gasteiger partial charge in [-0.1, -0.05) is 11.6 Å². The van der Waals surface area contributed by atoms with Gasteiger partial charge in [-0.3, -0.25) is 19.6 Å². The summed E-state index contributed by atoms with van der Waals surface area (Å²) in [6.45, 7) is 6.58. The van der Waals surface area contributed by atoms with Crippen LogP contribution in [0.4, 0.5) is 26.2 Å². The van der Waals surface area contributed by atoms with Gasteiger partial charge in [-0.2, -0.15) is 13.5 Å². The normalized spacial score (nSPS) is 17.6. The van der Waals surface area contributed by atoms with Gasteiger partial charge in [-0.25, -0.2) is 9.18 Å². The van der Waals surface area contributed by atoms with E-state index >= 15 is 4.39 Å². The molecule has 2 saturated heterocycles. The van der Waals surface area contributed by atoms with Gasteiger partial charge in [0.25, 0.3) is 0 Å². The van der Waals surface area contributed by atoms with Crippen LogP contribution in [-0.2, 0) is 9.53 Å². The number of anilines is 3. The lowest BCUT2D eigenvalue weighted by molar-refractivity contribution is -0.119. The minimum atomic E-state index is -0.543. The molecule has 2 amide bonds. The molecule has 0 radical (unpaired) electrons. The fraction of sp³-hybridized carbons (Fsp3) is 0.370. The average Bonchev–Trinajstić information content (AvgIpc) is 3.28. The molecular weight excluding hydrogens is 543 g/mol. The summed E-state index contributed by atoms with van der Waals surface area (Å²) < 4.78 is 20.4. The number of carbonyl (C=O) groups is 2. The molecule has 1 aromatic heterocycles. The number of cyclic esters (lactones) is 1. The minimum Gasteiger partial charge on any atom is -0.442 e. The van der Waals surface area contributed by atoms with Crippen molar-refractivity contribution < 1.29 is 18.7 Å². The largest absolute Gasteiger partial charge is 0.442 e. The van der Waals surface area contributed by atoms with E-state index in [0.717, 1.165) is 42.8 Å². The number of rotatable bonds is 8. The van der Waals surface area contributed by atoms with Crippen LogP contribution in [0.1, 0.15) is 6.92 Å². The van der Waals surface area contributed by atoms with E-state index in [-0.39, 0.29) is 38.3 Å². The maximum atomic E-state index is 15.1. The van der Waals surface area contributed by atoms with Crippen molar-refractivity contribution in [1.82, 2.24) is 15.2 Å². The first-order chi connectivity index (χ1) is 18.4. The molecule has 0 aliphatic carbocycles. The highest BCUT2D eigenvalue weighted by atomic mass is 35.5. The molecule has 9 nitrogen and oxygen atoms in total. The molecule has 1 atom stereocenters. The lowest BCUT2D eigenvalue weighted by Crippen LogP contribution is -2.47. The second-order valence-corrected chi connectivity index (χ2v) is 9.90. The van der Waals surface area contributed by atoms with Crippen molar-refractivity contribution in [3.63, 3.8) is 0 Å². The predicted molar refractivity (Wildman–Crippen MR) is 157 cm³/mol. The van der Waals surface area contributed by atoms with Crippen LogP contribution in [0, 0.1) is 5.82 Å². The van der Waals surface area contributed by atoms with Crippen LogP contribution >= 0.6 is 25.1 Å². The van der Waals surface area contributed by atoms with Gasteiger partial charge >= 0.3 is 6.09 Å². The van der Waals surface area contributed by atoms with Gasteiger partial charge in [0.2, 0.25) is 5.91 Å². The Bertz CT molecular complexity index is 1340. The molecule has 2 aromatic carbocycles. The summed E-state index contributed by atoms with van der Waals surface area (Å²) in [7, 11) is 0. The molecule has 2 fully saturated rings. The zero-order valence-corrected chi connectivity index (χ0v) is 23.4. The topological polar surface area (TPSA) is 90.0 Å². The van der Waals surface area contributed by atoms with Crippen molar-refractivity contribution in [2.75, 3.05) is 67.5 Å². The zero-order chi connectivity index (χ0) is 26.6. The maximum Gasteiger partial charge on any atom is 0.414 e. The van der Waals surface area contributed by atoms with E-state index in [4.69, 9.17) is 16.3 Å². The van der Waals surface area contributed by atoms with Gasteiger partial charge in [-0.15, -0.1) is 0 Å². The van der Waals surface area contributed by atoms with Gasteiger partial charge in [0.1, 0.15) is 11.9 Å². The Labute approximate surface area is 238 Å². The highest BCUT2D eigenvalue weighted by Gasteiger charge is 2.33. The smallest absolute Gasteiger partial charge is 0.414 e. The van der Waals surface area contributed by atoms with E-state index in [1.54, 1.807) is 18.3 Å². The second-order valence-electron chi connectivity index (χ2n) is 9.46. The van der Waals surface area contributed by atoms with E-state index in [9.17, 15) is 9.59 Å². The Hall–Kier alpha value is -3.28. The number of ether oxygens (including phenoxy) is 1. The number of nitrogens with one attached hydrogen (secondary N) is 2.